The lowest BCUT2D eigenvalue weighted by Crippen LogP contribution is -2.54. The van der Waals surface area contributed by atoms with E-state index in [2.05, 4.69) is 48.5 Å². The van der Waals surface area contributed by atoms with Crippen molar-refractivity contribution in [2.24, 2.45) is 109 Å². The third-order valence-electron chi connectivity index (χ3n) is 28.7. The summed E-state index contributed by atoms with van der Waals surface area (Å²) in [5.74, 6) is 11.8. The fourth-order valence-corrected chi connectivity index (χ4v) is 23.9. The molecule has 424 valence electrons. The zero-order valence-corrected chi connectivity index (χ0v) is 49.3. The number of carbonyl (C=O) groups is 2. The van der Waals surface area contributed by atoms with Crippen molar-refractivity contribution in [1.29, 1.82) is 0 Å². The SMILES string of the molecule is CC1CCC2C3CC[C@H]4CC(OC5CCCCO5)CC[C@]4(C)C3CC[C@]12C.C[C@@]12CCC3C(CC[C@H]4CCCC[C@]34C)C1CCC2=O.C[C@]12CCC3C(CC[C@H]4CC(O)CC[C@]34C)C1CCC2OC(=O)c1ccccc1. The quantitative estimate of drug-likeness (QED) is 0.239. The number of aliphatic hydroxyl groups is 1. The maximum absolute atomic E-state index is 12.7. The first kappa shape index (κ1) is 54.8. The molecule has 12 aliphatic carbocycles. The zero-order chi connectivity index (χ0) is 52.8. The Balaban J connectivity index is 0.000000117. The van der Waals surface area contributed by atoms with Gasteiger partial charge in [0.2, 0.25) is 0 Å². The number of fused-ring (bicyclic) bond motifs is 15. The Bertz CT molecular complexity index is 2200. The first-order valence-corrected chi connectivity index (χ1v) is 33.2. The number of rotatable bonds is 4. The maximum Gasteiger partial charge on any atom is 0.338 e. The summed E-state index contributed by atoms with van der Waals surface area (Å²) in [7, 11) is 0. The van der Waals surface area contributed by atoms with Gasteiger partial charge in [0.25, 0.3) is 0 Å². The first-order valence-electron chi connectivity index (χ1n) is 33.2. The Kier molecular flexibility index (Phi) is 15.3. The van der Waals surface area contributed by atoms with Crippen LogP contribution in [0.5, 0.6) is 0 Å². The lowest BCUT2D eigenvalue weighted by molar-refractivity contribution is -0.212. The van der Waals surface area contributed by atoms with Crippen molar-refractivity contribution in [3.8, 4) is 0 Å². The van der Waals surface area contributed by atoms with E-state index in [9.17, 15) is 14.7 Å². The molecule has 76 heavy (non-hydrogen) atoms. The van der Waals surface area contributed by atoms with Gasteiger partial charge in [-0.05, 0) is 291 Å². The summed E-state index contributed by atoms with van der Waals surface area (Å²) in [5, 5.41) is 10.2. The third-order valence-corrected chi connectivity index (χ3v) is 28.7. The van der Waals surface area contributed by atoms with Crippen LogP contribution in [-0.2, 0) is 19.0 Å². The smallest absolute Gasteiger partial charge is 0.338 e. The molecular weight excluding hydrogens is 937 g/mol. The average Bonchev–Trinajstić information content (AvgIpc) is 4.08. The van der Waals surface area contributed by atoms with Crippen LogP contribution < -0.4 is 0 Å². The minimum atomic E-state index is -0.156. The number of carbonyl (C=O) groups excluding carboxylic acids is 2. The van der Waals surface area contributed by atoms with Crippen molar-refractivity contribution in [3.05, 3.63) is 35.9 Å². The van der Waals surface area contributed by atoms with Crippen molar-refractivity contribution >= 4 is 11.8 Å². The molecule has 6 heteroatoms. The van der Waals surface area contributed by atoms with Gasteiger partial charge in [-0.2, -0.15) is 0 Å². The lowest BCUT2D eigenvalue weighted by atomic mass is 9.45. The molecule has 14 rings (SSSR count). The second kappa shape index (κ2) is 21.2. The molecule has 23 atom stereocenters. The highest BCUT2D eigenvalue weighted by molar-refractivity contribution is 5.89. The molecule has 1 heterocycles. The van der Waals surface area contributed by atoms with Gasteiger partial charge in [0, 0.05) is 23.9 Å². The molecule has 14 unspecified atom stereocenters. The zero-order valence-electron chi connectivity index (χ0n) is 49.3. The van der Waals surface area contributed by atoms with Gasteiger partial charge in [-0.3, -0.25) is 4.79 Å². The fraction of sp³-hybridized carbons (Fsp3) is 0.886. The van der Waals surface area contributed by atoms with Crippen LogP contribution >= 0.6 is 0 Å². The number of esters is 1. The number of hydrogen-bond donors (Lipinski definition) is 1. The summed E-state index contributed by atoms with van der Waals surface area (Å²) in [5.41, 5.74) is 3.13. The Morgan fingerprint density at radius 2 is 1.11 bits per heavy atom. The van der Waals surface area contributed by atoms with Crippen LogP contribution in [0.2, 0.25) is 0 Å². The van der Waals surface area contributed by atoms with E-state index in [0.29, 0.717) is 50.9 Å². The molecule has 12 saturated carbocycles. The molecule has 1 N–H and O–H groups in total. The number of hydrogen-bond acceptors (Lipinski definition) is 6. The summed E-state index contributed by atoms with van der Waals surface area (Å²) >= 11 is 0. The van der Waals surface area contributed by atoms with Gasteiger partial charge in [-0.25, -0.2) is 4.79 Å². The van der Waals surface area contributed by atoms with Crippen LogP contribution in [0.1, 0.15) is 258 Å². The number of ketones is 1. The van der Waals surface area contributed by atoms with Crippen LogP contribution in [0.4, 0.5) is 0 Å². The second-order valence-electron chi connectivity index (χ2n) is 31.3. The van der Waals surface area contributed by atoms with Gasteiger partial charge >= 0.3 is 5.97 Å². The highest BCUT2D eigenvalue weighted by atomic mass is 16.7. The van der Waals surface area contributed by atoms with Crippen molar-refractivity contribution in [3.63, 3.8) is 0 Å². The topological polar surface area (TPSA) is 82.1 Å². The Morgan fingerprint density at radius 1 is 0.526 bits per heavy atom. The minimum absolute atomic E-state index is 0.0554. The molecule has 1 aromatic carbocycles. The van der Waals surface area contributed by atoms with Crippen molar-refractivity contribution in [2.45, 2.75) is 272 Å². The van der Waals surface area contributed by atoms with Crippen LogP contribution in [0.15, 0.2) is 30.3 Å². The van der Waals surface area contributed by atoms with E-state index in [4.69, 9.17) is 14.2 Å². The number of aliphatic hydroxyl groups excluding tert-OH is 1. The summed E-state index contributed by atoms with van der Waals surface area (Å²) in [6.07, 6.45) is 40.9. The molecule has 0 amide bonds. The van der Waals surface area contributed by atoms with E-state index >= 15 is 0 Å². The molecule has 0 spiro atoms. The van der Waals surface area contributed by atoms with Gasteiger partial charge < -0.3 is 19.3 Å². The van der Waals surface area contributed by atoms with Gasteiger partial charge in [-0.15, -0.1) is 0 Å². The molecule has 0 aromatic heterocycles. The summed E-state index contributed by atoms with van der Waals surface area (Å²) in [4.78, 5) is 25.1. The predicted molar refractivity (Wildman–Crippen MR) is 304 cm³/mol. The molecule has 1 aliphatic heterocycles. The average molecular weight is 1050 g/mol. The van der Waals surface area contributed by atoms with E-state index in [0.717, 1.165) is 104 Å². The lowest BCUT2D eigenvalue weighted by Gasteiger charge is -2.61. The Labute approximate surface area is 462 Å². The Morgan fingerprint density at radius 3 is 1.82 bits per heavy atom. The summed E-state index contributed by atoms with van der Waals surface area (Å²) < 4.78 is 18.4. The first-order chi connectivity index (χ1) is 36.5. The highest BCUT2D eigenvalue weighted by Crippen LogP contribution is 2.70. The number of ether oxygens (including phenoxy) is 3. The van der Waals surface area contributed by atoms with Crippen LogP contribution in [0, 0.1) is 109 Å². The van der Waals surface area contributed by atoms with E-state index < -0.39 is 0 Å². The van der Waals surface area contributed by atoms with Crippen LogP contribution in [-0.4, -0.2) is 48.1 Å². The fourth-order valence-electron chi connectivity index (χ4n) is 23.9. The molecule has 1 aromatic rings. The second-order valence-corrected chi connectivity index (χ2v) is 31.3. The van der Waals surface area contributed by atoms with Crippen LogP contribution in [0.3, 0.4) is 0 Å². The van der Waals surface area contributed by atoms with Crippen molar-refractivity contribution in [1.82, 2.24) is 0 Å². The van der Waals surface area contributed by atoms with E-state index in [-0.39, 0.29) is 35.3 Å². The number of Topliss-reactive ketones (excluding diaryl/α,β-unsaturated/α-hetero) is 1. The standard InChI is InChI=1S/C26H36O3.C25H42O2.C19H30O/c1-25-14-12-19(27)16-18(25)8-9-20-21-10-11-23(26(21,2)15-13-22(20)25)29-24(28)17-6-4-3-5-7-17;1-17-7-10-21-20-9-8-18-16-19(27-23-6-4-5-15-26-23)11-13-25(18,3)22(20)12-14-24(17,21)2;1-18-11-4-3-5-13(18)6-7-14-15-8-9-17(20)19(15,2)12-10-16(14)18/h3-7,18-23,27H,8-16H2,1-2H3;17-23H,4-16H2,1-3H3;13-16H,3-12H2,1-2H3/t18-,19?,20?,21?,22?,23?,25-,26-;17?,18-,19?,20?,21?,22?,23?,24+,25-;13-,14?,15?,16?,18+,19-/m001/s1. The van der Waals surface area contributed by atoms with E-state index in [1.165, 1.54) is 167 Å². The molecule has 0 bridgehead atoms. The predicted octanol–water partition coefficient (Wildman–Crippen LogP) is 17.2. The van der Waals surface area contributed by atoms with Gasteiger partial charge in [0.1, 0.15) is 11.9 Å². The summed E-state index contributed by atoms with van der Waals surface area (Å²) in [6, 6.07) is 9.45. The highest BCUT2D eigenvalue weighted by Gasteiger charge is 2.63. The normalized spacial score (nSPS) is 51.8. The molecular formula is C70H108O6. The molecule has 13 aliphatic rings. The molecule has 0 radical (unpaired) electrons. The van der Waals surface area contributed by atoms with Crippen molar-refractivity contribution < 1.29 is 28.9 Å². The van der Waals surface area contributed by atoms with E-state index in [1.54, 1.807) is 0 Å². The monoisotopic (exact) mass is 1040 g/mol. The largest absolute Gasteiger partial charge is 0.458 e. The van der Waals surface area contributed by atoms with Crippen molar-refractivity contribution in [2.75, 3.05) is 6.61 Å². The van der Waals surface area contributed by atoms with Crippen LogP contribution in [0.25, 0.3) is 0 Å². The Hall–Kier alpha value is -1.76. The third kappa shape index (κ3) is 9.33. The molecule has 6 nitrogen and oxygen atoms in total. The summed E-state index contributed by atoms with van der Waals surface area (Å²) in [6.45, 7) is 18.6. The minimum Gasteiger partial charge on any atom is -0.458 e. The molecule has 1 saturated heterocycles. The van der Waals surface area contributed by atoms with E-state index in [1.807, 2.05) is 30.3 Å². The number of benzene rings is 1. The van der Waals surface area contributed by atoms with Gasteiger partial charge in [0.05, 0.1) is 17.8 Å². The maximum atomic E-state index is 12.7. The van der Waals surface area contributed by atoms with Gasteiger partial charge in [0.15, 0.2) is 6.29 Å². The molecule has 13 fully saturated rings. The van der Waals surface area contributed by atoms with Gasteiger partial charge in [-0.1, -0.05) is 79.5 Å².